The lowest BCUT2D eigenvalue weighted by Crippen LogP contribution is -2.12. The highest BCUT2D eigenvalue weighted by molar-refractivity contribution is 7.91. The van der Waals surface area contributed by atoms with Crippen molar-refractivity contribution in [2.45, 2.75) is 9.79 Å². The van der Waals surface area contributed by atoms with Crippen molar-refractivity contribution in [3.8, 4) is 0 Å². The molecule has 5 heteroatoms. The minimum Gasteiger partial charge on any atom is -0.366 e. The molecule has 0 radical (unpaired) electrons. The van der Waals surface area contributed by atoms with Gasteiger partial charge < -0.3 is 5.73 Å². The number of carbonyl (C=O) groups excluding carboxylic acids is 1. The topological polar surface area (TPSA) is 77.2 Å². The second kappa shape index (κ2) is 4.62. The Morgan fingerprint density at radius 2 is 1.50 bits per heavy atom. The molecule has 0 aliphatic carbocycles. The third-order valence-corrected chi connectivity index (χ3v) is 4.25. The fraction of sp³-hybridized carbons (Fsp3) is 0. The molecule has 0 fully saturated rings. The Morgan fingerprint density at radius 1 is 0.889 bits per heavy atom. The van der Waals surface area contributed by atoms with Crippen molar-refractivity contribution in [1.29, 1.82) is 0 Å². The Kier molecular flexibility index (Phi) is 3.16. The highest BCUT2D eigenvalue weighted by Crippen LogP contribution is 2.21. The van der Waals surface area contributed by atoms with Gasteiger partial charge in [0, 0.05) is 5.56 Å². The van der Waals surface area contributed by atoms with E-state index in [4.69, 9.17) is 5.73 Å². The maximum Gasteiger partial charge on any atom is 0.248 e. The summed E-state index contributed by atoms with van der Waals surface area (Å²) >= 11 is 0. The second-order valence-electron chi connectivity index (χ2n) is 3.71. The van der Waals surface area contributed by atoms with E-state index in [2.05, 4.69) is 0 Å². The van der Waals surface area contributed by atoms with Gasteiger partial charge >= 0.3 is 0 Å². The molecule has 4 nitrogen and oxygen atoms in total. The van der Waals surface area contributed by atoms with Crippen molar-refractivity contribution in [3.05, 3.63) is 60.2 Å². The zero-order valence-electron chi connectivity index (χ0n) is 9.41. The Labute approximate surface area is 105 Å². The van der Waals surface area contributed by atoms with Gasteiger partial charge in [0.1, 0.15) is 0 Å². The number of nitrogens with two attached hydrogens (primary N) is 1. The number of hydrogen-bond acceptors (Lipinski definition) is 3. The van der Waals surface area contributed by atoms with Crippen LogP contribution in [0.1, 0.15) is 10.4 Å². The smallest absolute Gasteiger partial charge is 0.248 e. The van der Waals surface area contributed by atoms with E-state index in [1.165, 1.54) is 36.4 Å². The molecule has 0 bridgehead atoms. The van der Waals surface area contributed by atoms with Crippen LogP contribution in [0.5, 0.6) is 0 Å². The lowest BCUT2D eigenvalue weighted by atomic mass is 10.2. The molecule has 2 aromatic rings. The van der Waals surface area contributed by atoms with Crippen LogP contribution in [0, 0.1) is 0 Å². The quantitative estimate of drug-likeness (QED) is 0.912. The van der Waals surface area contributed by atoms with Crippen LogP contribution in [0.25, 0.3) is 0 Å². The van der Waals surface area contributed by atoms with Crippen molar-refractivity contribution >= 4 is 15.7 Å². The van der Waals surface area contributed by atoms with Crippen LogP contribution >= 0.6 is 0 Å². The summed E-state index contributed by atoms with van der Waals surface area (Å²) in [6.45, 7) is 0. The van der Waals surface area contributed by atoms with E-state index in [0.29, 0.717) is 0 Å². The van der Waals surface area contributed by atoms with E-state index >= 15 is 0 Å². The molecular formula is C13H11NO3S. The molecule has 0 aliphatic heterocycles. The first-order valence-electron chi connectivity index (χ1n) is 5.22. The molecule has 2 N–H and O–H groups in total. The van der Waals surface area contributed by atoms with Crippen molar-refractivity contribution in [3.63, 3.8) is 0 Å². The average Bonchev–Trinajstić information content (AvgIpc) is 2.40. The molecule has 1 amide bonds. The van der Waals surface area contributed by atoms with Crippen LogP contribution in [0.3, 0.4) is 0 Å². The minimum atomic E-state index is -3.60. The van der Waals surface area contributed by atoms with E-state index in [1.54, 1.807) is 18.2 Å². The summed E-state index contributed by atoms with van der Waals surface area (Å²) in [5.41, 5.74) is 5.30. The van der Waals surface area contributed by atoms with Gasteiger partial charge in [-0.1, -0.05) is 24.3 Å². The number of sulfone groups is 1. The molecule has 92 valence electrons. The van der Waals surface area contributed by atoms with Gasteiger partial charge in [-0.25, -0.2) is 8.42 Å². The number of primary amides is 1. The molecule has 18 heavy (non-hydrogen) atoms. The van der Waals surface area contributed by atoms with Gasteiger partial charge in [-0.2, -0.15) is 0 Å². The zero-order valence-corrected chi connectivity index (χ0v) is 10.2. The first kappa shape index (κ1) is 12.3. The van der Waals surface area contributed by atoms with Crippen LogP contribution in [0.4, 0.5) is 0 Å². The molecule has 0 spiro atoms. The maximum atomic E-state index is 12.3. The third-order valence-electron chi connectivity index (χ3n) is 2.48. The zero-order chi connectivity index (χ0) is 13.2. The molecule has 0 aliphatic rings. The van der Waals surface area contributed by atoms with E-state index in [0.717, 1.165) is 0 Å². The summed E-state index contributed by atoms with van der Waals surface area (Å²) < 4.78 is 24.5. The average molecular weight is 261 g/mol. The van der Waals surface area contributed by atoms with Crippen LogP contribution in [-0.2, 0) is 9.84 Å². The Morgan fingerprint density at radius 3 is 2.11 bits per heavy atom. The predicted molar refractivity (Wildman–Crippen MR) is 66.9 cm³/mol. The van der Waals surface area contributed by atoms with Crippen LogP contribution in [-0.4, -0.2) is 14.3 Å². The molecule has 2 rings (SSSR count). The number of rotatable bonds is 3. The lowest BCUT2D eigenvalue weighted by molar-refractivity contribution is 0.1000. The SMILES string of the molecule is NC(=O)c1cccc(S(=O)(=O)c2ccccc2)c1. The number of hydrogen-bond donors (Lipinski definition) is 1. The predicted octanol–water partition coefficient (Wildman–Crippen LogP) is 1.62. The fourth-order valence-corrected chi connectivity index (χ4v) is 2.88. The van der Waals surface area contributed by atoms with Crippen LogP contribution in [0.15, 0.2) is 64.4 Å². The summed E-state index contributed by atoms with van der Waals surface area (Å²) in [6.07, 6.45) is 0. The lowest BCUT2D eigenvalue weighted by Gasteiger charge is -2.05. The summed E-state index contributed by atoms with van der Waals surface area (Å²) in [6, 6.07) is 13.7. The molecule has 0 aromatic heterocycles. The summed E-state index contributed by atoms with van der Waals surface area (Å²) in [5.74, 6) is -0.653. The third kappa shape index (κ3) is 2.26. The highest BCUT2D eigenvalue weighted by atomic mass is 32.2. The molecule has 0 atom stereocenters. The van der Waals surface area contributed by atoms with E-state index in [1.807, 2.05) is 0 Å². The number of benzene rings is 2. The van der Waals surface area contributed by atoms with Gasteiger partial charge in [0.15, 0.2) is 0 Å². The summed E-state index contributed by atoms with van der Waals surface area (Å²) in [4.78, 5) is 11.3. The van der Waals surface area contributed by atoms with Gasteiger partial charge in [0.25, 0.3) is 0 Å². The van der Waals surface area contributed by atoms with Crippen molar-refractivity contribution in [2.24, 2.45) is 5.73 Å². The first-order chi connectivity index (χ1) is 8.51. The van der Waals surface area contributed by atoms with E-state index in [-0.39, 0.29) is 15.4 Å². The Balaban J connectivity index is 2.55. The van der Waals surface area contributed by atoms with Crippen LogP contribution in [0.2, 0.25) is 0 Å². The van der Waals surface area contributed by atoms with Gasteiger partial charge in [-0.05, 0) is 30.3 Å². The molecule has 0 saturated carbocycles. The minimum absolute atomic E-state index is 0.0602. The summed E-state index contributed by atoms with van der Waals surface area (Å²) in [7, 11) is -3.60. The molecule has 0 saturated heterocycles. The van der Waals surface area contributed by atoms with E-state index in [9.17, 15) is 13.2 Å². The van der Waals surface area contributed by atoms with Crippen LogP contribution < -0.4 is 5.73 Å². The van der Waals surface area contributed by atoms with Gasteiger partial charge in [0.05, 0.1) is 9.79 Å². The number of carbonyl (C=O) groups is 1. The van der Waals surface area contributed by atoms with Gasteiger partial charge in [0.2, 0.25) is 15.7 Å². The van der Waals surface area contributed by atoms with Gasteiger partial charge in [-0.15, -0.1) is 0 Å². The van der Waals surface area contributed by atoms with Gasteiger partial charge in [-0.3, -0.25) is 4.79 Å². The normalized spacial score (nSPS) is 11.1. The second-order valence-corrected chi connectivity index (χ2v) is 5.66. The Hall–Kier alpha value is -2.14. The van der Waals surface area contributed by atoms with Crippen molar-refractivity contribution < 1.29 is 13.2 Å². The molecule has 0 heterocycles. The Bertz CT molecular complexity index is 678. The highest BCUT2D eigenvalue weighted by Gasteiger charge is 2.17. The largest absolute Gasteiger partial charge is 0.366 e. The maximum absolute atomic E-state index is 12.3. The standard InChI is InChI=1S/C13H11NO3S/c14-13(15)10-5-4-8-12(9-10)18(16,17)11-6-2-1-3-7-11/h1-9H,(H2,14,15). The van der Waals surface area contributed by atoms with Crippen molar-refractivity contribution in [2.75, 3.05) is 0 Å². The molecular weight excluding hydrogens is 250 g/mol. The fourth-order valence-electron chi connectivity index (χ4n) is 1.55. The molecule has 0 unspecified atom stereocenters. The number of amides is 1. The van der Waals surface area contributed by atoms with Crippen molar-refractivity contribution in [1.82, 2.24) is 0 Å². The molecule has 2 aromatic carbocycles. The first-order valence-corrected chi connectivity index (χ1v) is 6.70. The summed E-state index contributed by atoms with van der Waals surface area (Å²) in [5, 5.41) is 0. The monoisotopic (exact) mass is 261 g/mol. The van der Waals surface area contributed by atoms with E-state index < -0.39 is 15.7 Å².